The van der Waals surface area contributed by atoms with Crippen molar-refractivity contribution < 1.29 is 17.9 Å². The van der Waals surface area contributed by atoms with Gasteiger partial charge in [0.1, 0.15) is 0 Å². The molecule has 0 aliphatic carbocycles. The maximum atomic E-state index is 12.9. The summed E-state index contributed by atoms with van der Waals surface area (Å²) in [7, 11) is -3.63. The van der Waals surface area contributed by atoms with Crippen LogP contribution in [0.15, 0.2) is 47.4 Å². The van der Waals surface area contributed by atoms with E-state index in [2.05, 4.69) is 5.32 Å². The highest BCUT2D eigenvalue weighted by Crippen LogP contribution is 2.24. The van der Waals surface area contributed by atoms with Crippen LogP contribution in [0.25, 0.3) is 0 Å². The highest BCUT2D eigenvalue weighted by atomic mass is 35.5. The topological polar surface area (TPSA) is 75.7 Å². The molecular weight excluding hydrogens is 423 g/mol. The van der Waals surface area contributed by atoms with Crippen LogP contribution in [0.3, 0.4) is 0 Å². The molecule has 1 fully saturated rings. The van der Waals surface area contributed by atoms with E-state index >= 15 is 0 Å². The zero-order chi connectivity index (χ0) is 20.5. The van der Waals surface area contributed by atoms with Crippen molar-refractivity contribution in [3.8, 4) is 0 Å². The highest BCUT2D eigenvalue weighted by molar-refractivity contribution is 7.89. The van der Waals surface area contributed by atoms with Crippen LogP contribution in [0.2, 0.25) is 10.0 Å². The molecule has 28 heavy (non-hydrogen) atoms. The average Bonchev–Trinajstić information content (AvgIpc) is 2.61. The van der Waals surface area contributed by atoms with Gasteiger partial charge in [-0.15, -0.1) is 0 Å². The first-order valence-corrected chi connectivity index (χ1v) is 10.9. The zero-order valence-corrected chi connectivity index (χ0v) is 17.7. The van der Waals surface area contributed by atoms with E-state index in [1.807, 2.05) is 13.8 Å². The van der Waals surface area contributed by atoms with Crippen LogP contribution in [0.4, 0.5) is 5.69 Å². The highest BCUT2D eigenvalue weighted by Gasteiger charge is 2.32. The van der Waals surface area contributed by atoms with Gasteiger partial charge in [0.25, 0.3) is 5.91 Å². The van der Waals surface area contributed by atoms with Crippen molar-refractivity contribution in [3.63, 3.8) is 0 Å². The van der Waals surface area contributed by atoms with Crippen molar-refractivity contribution in [2.24, 2.45) is 0 Å². The molecule has 0 saturated carbocycles. The first kappa shape index (κ1) is 21.1. The lowest BCUT2D eigenvalue weighted by molar-refractivity contribution is -0.0440. The molecule has 1 aliphatic rings. The smallest absolute Gasteiger partial charge is 0.257 e. The molecule has 1 N–H and O–H groups in total. The number of hydrogen-bond acceptors (Lipinski definition) is 4. The minimum absolute atomic E-state index is 0.163. The third kappa shape index (κ3) is 4.67. The Labute approximate surface area is 174 Å². The number of nitrogens with one attached hydrogen (secondary N) is 1. The summed E-state index contributed by atoms with van der Waals surface area (Å²) in [4.78, 5) is 12.5. The Morgan fingerprint density at radius 2 is 1.68 bits per heavy atom. The minimum Gasteiger partial charge on any atom is -0.373 e. The number of carbonyl (C=O) groups is 1. The van der Waals surface area contributed by atoms with Crippen LogP contribution in [0.5, 0.6) is 0 Å². The predicted octanol–water partition coefficient (Wildman–Crippen LogP) is 4.04. The van der Waals surface area contributed by atoms with Crippen LogP contribution < -0.4 is 5.32 Å². The number of benzene rings is 2. The first-order valence-electron chi connectivity index (χ1n) is 8.69. The van der Waals surface area contributed by atoms with E-state index in [0.29, 0.717) is 23.8 Å². The predicted molar refractivity (Wildman–Crippen MR) is 110 cm³/mol. The molecule has 2 aromatic rings. The monoisotopic (exact) mass is 442 g/mol. The summed E-state index contributed by atoms with van der Waals surface area (Å²) in [5.74, 6) is -0.409. The van der Waals surface area contributed by atoms with Gasteiger partial charge in [-0.05, 0) is 56.3 Å². The molecule has 2 aromatic carbocycles. The summed E-state index contributed by atoms with van der Waals surface area (Å²) < 4.78 is 32.7. The Kier molecular flexibility index (Phi) is 6.31. The van der Waals surface area contributed by atoms with Gasteiger partial charge in [0.05, 0.1) is 27.7 Å². The van der Waals surface area contributed by atoms with Gasteiger partial charge in [0.2, 0.25) is 10.0 Å². The number of carbonyl (C=O) groups excluding carboxylic acids is 1. The molecule has 2 atom stereocenters. The molecule has 1 heterocycles. The minimum atomic E-state index is -3.63. The average molecular weight is 443 g/mol. The van der Waals surface area contributed by atoms with E-state index in [0.717, 1.165) is 0 Å². The fraction of sp³-hybridized carbons (Fsp3) is 0.316. The van der Waals surface area contributed by atoms with Crippen LogP contribution in [0, 0.1) is 0 Å². The second-order valence-electron chi connectivity index (χ2n) is 6.68. The number of morpholine rings is 1. The van der Waals surface area contributed by atoms with Gasteiger partial charge < -0.3 is 10.1 Å². The number of halogens is 2. The SMILES string of the molecule is CC1CN(S(=O)(=O)c2ccc(NC(=O)c3ccc(Cl)cc3Cl)cc2)CC(C)O1. The van der Waals surface area contributed by atoms with Crippen LogP contribution in [0.1, 0.15) is 24.2 Å². The third-order valence-corrected chi connectivity index (χ3v) is 6.71. The maximum absolute atomic E-state index is 12.9. The molecule has 1 amide bonds. The maximum Gasteiger partial charge on any atom is 0.257 e. The number of sulfonamides is 1. The molecule has 150 valence electrons. The van der Waals surface area contributed by atoms with Crippen molar-refractivity contribution >= 4 is 44.8 Å². The molecule has 9 heteroatoms. The van der Waals surface area contributed by atoms with Crippen molar-refractivity contribution in [1.82, 2.24) is 4.31 Å². The Bertz CT molecular complexity index is 970. The van der Waals surface area contributed by atoms with Crippen LogP contribution in [-0.4, -0.2) is 43.9 Å². The number of anilines is 1. The van der Waals surface area contributed by atoms with E-state index < -0.39 is 15.9 Å². The normalized spacial score (nSPS) is 20.7. The quantitative estimate of drug-likeness (QED) is 0.774. The molecule has 2 unspecified atom stereocenters. The number of ether oxygens (including phenoxy) is 1. The lowest BCUT2D eigenvalue weighted by Gasteiger charge is -2.34. The van der Waals surface area contributed by atoms with E-state index in [4.69, 9.17) is 27.9 Å². The number of rotatable bonds is 4. The Morgan fingerprint density at radius 3 is 2.25 bits per heavy atom. The van der Waals surface area contributed by atoms with Gasteiger partial charge in [-0.2, -0.15) is 4.31 Å². The van der Waals surface area contributed by atoms with Crippen molar-refractivity contribution in [2.45, 2.75) is 31.0 Å². The van der Waals surface area contributed by atoms with Gasteiger partial charge in [-0.3, -0.25) is 4.79 Å². The molecule has 1 aliphatic heterocycles. The van der Waals surface area contributed by atoms with Crippen molar-refractivity contribution in [1.29, 1.82) is 0 Å². The Hall–Kier alpha value is -1.64. The molecule has 1 saturated heterocycles. The van der Waals surface area contributed by atoms with Gasteiger partial charge in [0.15, 0.2) is 0 Å². The van der Waals surface area contributed by atoms with Gasteiger partial charge in [-0.1, -0.05) is 23.2 Å². The van der Waals surface area contributed by atoms with E-state index in [1.165, 1.54) is 28.6 Å². The fourth-order valence-corrected chi connectivity index (χ4v) is 5.14. The number of amides is 1. The first-order chi connectivity index (χ1) is 13.2. The van der Waals surface area contributed by atoms with E-state index in [1.54, 1.807) is 18.2 Å². The number of hydrogen-bond donors (Lipinski definition) is 1. The van der Waals surface area contributed by atoms with Crippen molar-refractivity contribution in [3.05, 3.63) is 58.1 Å². The van der Waals surface area contributed by atoms with Gasteiger partial charge in [0, 0.05) is 23.8 Å². The summed E-state index contributed by atoms with van der Waals surface area (Å²) in [5, 5.41) is 3.37. The molecule has 0 radical (unpaired) electrons. The van der Waals surface area contributed by atoms with Gasteiger partial charge in [-0.25, -0.2) is 8.42 Å². The lowest BCUT2D eigenvalue weighted by atomic mass is 10.2. The Balaban J connectivity index is 1.75. The largest absolute Gasteiger partial charge is 0.373 e. The second kappa shape index (κ2) is 8.39. The molecule has 0 bridgehead atoms. The molecule has 0 aromatic heterocycles. The fourth-order valence-electron chi connectivity index (χ4n) is 3.06. The summed E-state index contributed by atoms with van der Waals surface area (Å²) in [6.07, 6.45) is -0.331. The van der Waals surface area contributed by atoms with E-state index in [9.17, 15) is 13.2 Å². The molecule has 3 rings (SSSR count). The summed E-state index contributed by atoms with van der Waals surface area (Å²) in [6, 6.07) is 10.6. The summed E-state index contributed by atoms with van der Waals surface area (Å²) in [6.45, 7) is 4.30. The second-order valence-corrected chi connectivity index (χ2v) is 9.46. The summed E-state index contributed by atoms with van der Waals surface area (Å²) in [5.41, 5.74) is 0.734. The zero-order valence-electron chi connectivity index (χ0n) is 15.4. The third-order valence-electron chi connectivity index (χ3n) is 4.31. The summed E-state index contributed by atoms with van der Waals surface area (Å²) >= 11 is 11.9. The van der Waals surface area contributed by atoms with E-state index in [-0.39, 0.29) is 27.7 Å². The molecule has 6 nitrogen and oxygen atoms in total. The van der Waals surface area contributed by atoms with Crippen LogP contribution >= 0.6 is 23.2 Å². The standard InChI is InChI=1S/C19H20Cl2N2O4S/c1-12-10-23(11-13(2)27-12)28(25,26)16-6-4-15(5-7-16)22-19(24)17-8-3-14(20)9-18(17)21/h3-9,12-13H,10-11H2,1-2H3,(H,22,24). The lowest BCUT2D eigenvalue weighted by Crippen LogP contribution is -2.48. The molecule has 0 spiro atoms. The molecular formula is C19H20Cl2N2O4S. The van der Waals surface area contributed by atoms with Crippen LogP contribution in [-0.2, 0) is 14.8 Å². The van der Waals surface area contributed by atoms with Crippen molar-refractivity contribution in [2.75, 3.05) is 18.4 Å². The number of nitrogens with zero attached hydrogens (tertiary/aromatic N) is 1. The Morgan fingerprint density at radius 1 is 1.07 bits per heavy atom. The van der Waals surface area contributed by atoms with Gasteiger partial charge >= 0.3 is 0 Å².